The van der Waals surface area contributed by atoms with Crippen LogP contribution in [0.3, 0.4) is 0 Å². The topological polar surface area (TPSA) is 104 Å². The lowest BCUT2D eigenvalue weighted by molar-refractivity contribution is -0.118. The van der Waals surface area contributed by atoms with Crippen LogP contribution in [0.25, 0.3) is 17.1 Å². The van der Waals surface area contributed by atoms with Crippen molar-refractivity contribution in [2.24, 2.45) is 5.10 Å². The Balaban J connectivity index is 1.24. The van der Waals surface area contributed by atoms with Crippen LogP contribution in [0.4, 0.5) is 0 Å². The molecular formula is C30H25BrN6O3S. The second-order valence-electron chi connectivity index (χ2n) is 8.62. The van der Waals surface area contributed by atoms with Gasteiger partial charge in [0.15, 0.2) is 22.5 Å². The molecule has 0 aliphatic heterocycles. The molecule has 5 aromatic rings. The Morgan fingerprint density at radius 1 is 1.00 bits per heavy atom. The van der Waals surface area contributed by atoms with Crippen LogP contribution in [0.2, 0.25) is 0 Å². The van der Waals surface area contributed by atoms with Crippen LogP contribution >= 0.6 is 27.7 Å². The molecule has 5 rings (SSSR count). The van der Waals surface area contributed by atoms with Crippen LogP contribution in [-0.2, 0) is 11.4 Å². The maximum atomic E-state index is 12.6. The quantitative estimate of drug-likeness (QED) is 0.110. The molecule has 2 aromatic heterocycles. The van der Waals surface area contributed by atoms with E-state index in [1.807, 2.05) is 83.4 Å². The number of aromatic nitrogens is 4. The number of hydrogen-bond donors (Lipinski definition) is 1. The van der Waals surface area contributed by atoms with Gasteiger partial charge in [0, 0.05) is 28.1 Å². The number of halogens is 1. The maximum Gasteiger partial charge on any atom is 0.250 e. The van der Waals surface area contributed by atoms with E-state index in [1.54, 1.807) is 31.8 Å². The number of benzene rings is 3. The van der Waals surface area contributed by atoms with Gasteiger partial charge in [-0.2, -0.15) is 5.10 Å². The molecular weight excluding hydrogens is 604 g/mol. The van der Waals surface area contributed by atoms with E-state index in [1.165, 1.54) is 11.8 Å². The molecule has 0 aliphatic carbocycles. The second kappa shape index (κ2) is 13.7. The van der Waals surface area contributed by atoms with Gasteiger partial charge in [-0.05, 0) is 65.7 Å². The lowest BCUT2D eigenvalue weighted by atomic mass is 10.2. The fourth-order valence-corrected chi connectivity index (χ4v) is 4.85. The van der Waals surface area contributed by atoms with Gasteiger partial charge < -0.3 is 9.47 Å². The van der Waals surface area contributed by atoms with Gasteiger partial charge in [0.2, 0.25) is 0 Å². The van der Waals surface area contributed by atoms with E-state index in [-0.39, 0.29) is 11.7 Å². The lowest BCUT2D eigenvalue weighted by Gasteiger charge is -2.11. The van der Waals surface area contributed by atoms with Gasteiger partial charge >= 0.3 is 0 Å². The number of ether oxygens (including phenoxy) is 2. The zero-order valence-electron chi connectivity index (χ0n) is 22.0. The Hall–Kier alpha value is -4.48. The third-order valence-corrected chi connectivity index (χ3v) is 7.27. The number of nitrogens with one attached hydrogen (secondary N) is 1. The van der Waals surface area contributed by atoms with Crippen molar-refractivity contribution in [2.45, 2.75) is 11.8 Å². The first kappa shape index (κ1) is 28.1. The van der Waals surface area contributed by atoms with E-state index < -0.39 is 0 Å². The minimum absolute atomic E-state index is 0.0936. The van der Waals surface area contributed by atoms with Gasteiger partial charge in [-0.1, -0.05) is 58.0 Å². The minimum atomic E-state index is -0.281. The molecule has 3 aromatic carbocycles. The predicted octanol–water partition coefficient (Wildman–Crippen LogP) is 5.92. The number of hydrogen-bond acceptors (Lipinski definition) is 8. The van der Waals surface area contributed by atoms with Gasteiger partial charge in [-0.3, -0.25) is 14.3 Å². The molecule has 1 N–H and O–H groups in total. The van der Waals surface area contributed by atoms with E-state index in [0.29, 0.717) is 29.1 Å². The third-order valence-electron chi connectivity index (χ3n) is 5.82. The standard InChI is InChI=1S/C30H25BrN6O3S/c1-39-26-12-7-22(17-27(26)40-19-21-5-3-2-4-6-21)18-33-34-28(38)20-41-30-36-35-29(23-13-15-32-16-14-23)37(30)25-10-8-24(31)9-11-25/h2-18H,19-20H2,1H3,(H,34,38). The van der Waals surface area contributed by atoms with Crippen LogP contribution in [0.5, 0.6) is 11.5 Å². The molecule has 0 atom stereocenters. The second-order valence-corrected chi connectivity index (χ2v) is 10.5. The normalized spacial score (nSPS) is 11.0. The van der Waals surface area contributed by atoms with Crippen LogP contribution in [0.15, 0.2) is 112 Å². The van der Waals surface area contributed by atoms with E-state index in [0.717, 1.165) is 26.9 Å². The first-order chi connectivity index (χ1) is 20.1. The molecule has 0 bridgehead atoms. The highest BCUT2D eigenvalue weighted by atomic mass is 79.9. The fourth-order valence-electron chi connectivity index (χ4n) is 3.84. The molecule has 0 fully saturated rings. The van der Waals surface area contributed by atoms with E-state index in [2.05, 4.69) is 41.6 Å². The summed E-state index contributed by atoms with van der Waals surface area (Å²) >= 11 is 4.74. The van der Waals surface area contributed by atoms with Crippen molar-refractivity contribution in [3.8, 4) is 28.6 Å². The molecule has 0 saturated carbocycles. The highest BCUT2D eigenvalue weighted by Gasteiger charge is 2.17. The molecule has 0 saturated heterocycles. The smallest absolute Gasteiger partial charge is 0.250 e. The third kappa shape index (κ3) is 7.38. The van der Waals surface area contributed by atoms with Gasteiger partial charge in [0.25, 0.3) is 5.91 Å². The molecule has 1 amide bonds. The zero-order valence-corrected chi connectivity index (χ0v) is 24.4. The summed E-state index contributed by atoms with van der Waals surface area (Å²) in [7, 11) is 1.59. The van der Waals surface area contributed by atoms with Crippen molar-refractivity contribution in [2.75, 3.05) is 12.9 Å². The molecule has 0 radical (unpaired) electrons. The number of carbonyl (C=O) groups is 1. The van der Waals surface area contributed by atoms with E-state index >= 15 is 0 Å². The summed E-state index contributed by atoms with van der Waals surface area (Å²) in [6.07, 6.45) is 4.97. The number of pyridine rings is 1. The summed E-state index contributed by atoms with van der Waals surface area (Å²) in [6.45, 7) is 0.402. The number of rotatable bonds is 11. The average Bonchev–Trinajstić information content (AvgIpc) is 3.44. The van der Waals surface area contributed by atoms with Gasteiger partial charge in [-0.15, -0.1) is 10.2 Å². The monoisotopic (exact) mass is 628 g/mol. The summed E-state index contributed by atoms with van der Waals surface area (Å²) < 4.78 is 14.3. The molecule has 9 nitrogen and oxygen atoms in total. The van der Waals surface area contributed by atoms with Crippen LogP contribution in [0.1, 0.15) is 11.1 Å². The minimum Gasteiger partial charge on any atom is -0.493 e. The molecule has 41 heavy (non-hydrogen) atoms. The molecule has 0 spiro atoms. The largest absolute Gasteiger partial charge is 0.493 e. The Bertz CT molecular complexity index is 1630. The van der Waals surface area contributed by atoms with Crippen molar-refractivity contribution in [3.05, 3.63) is 113 Å². The van der Waals surface area contributed by atoms with E-state index in [4.69, 9.17) is 9.47 Å². The van der Waals surface area contributed by atoms with Crippen molar-refractivity contribution < 1.29 is 14.3 Å². The first-order valence-electron chi connectivity index (χ1n) is 12.5. The van der Waals surface area contributed by atoms with Crippen molar-refractivity contribution in [3.63, 3.8) is 0 Å². The summed E-state index contributed by atoms with van der Waals surface area (Å²) in [6, 6.07) is 26.9. The van der Waals surface area contributed by atoms with Crippen molar-refractivity contribution in [1.82, 2.24) is 25.2 Å². The summed E-state index contributed by atoms with van der Waals surface area (Å²) in [5.41, 5.74) is 6.11. The molecule has 0 aliphatic rings. The molecule has 206 valence electrons. The van der Waals surface area contributed by atoms with E-state index in [9.17, 15) is 4.79 Å². The number of hydrazone groups is 1. The van der Waals surface area contributed by atoms with Crippen LogP contribution in [0, 0.1) is 0 Å². The number of nitrogens with zero attached hydrogens (tertiary/aromatic N) is 5. The number of thioether (sulfide) groups is 1. The Kier molecular flexibility index (Phi) is 9.40. The fraction of sp³-hybridized carbons (Fsp3) is 0.100. The number of carbonyl (C=O) groups excluding carboxylic acids is 1. The van der Waals surface area contributed by atoms with Crippen LogP contribution < -0.4 is 14.9 Å². The Morgan fingerprint density at radius 3 is 2.54 bits per heavy atom. The lowest BCUT2D eigenvalue weighted by Crippen LogP contribution is -2.20. The van der Waals surface area contributed by atoms with Crippen molar-refractivity contribution >= 4 is 39.8 Å². The first-order valence-corrected chi connectivity index (χ1v) is 14.3. The van der Waals surface area contributed by atoms with Crippen molar-refractivity contribution in [1.29, 1.82) is 0 Å². The highest BCUT2D eigenvalue weighted by molar-refractivity contribution is 9.10. The predicted molar refractivity (Wildman–Crippen MR) is 163 cm³/mol. The molecule has 2 heterocycles. The molecule has 11 heteroatoms. The Labute approximate surface area is 249 Å². The van der Waals surface area contributed by atoms with Gasteiger partial charge in [0.05, 0.1) is 19.1 Å². The highest BCUT2D eigenvalue weighted by Crippen LogP contribution is 2.29. The Morgan fingerprint density at radius 2 is 1.78 bits per heavy atom. The molecule has 0 unspecified atom stereocenters. The SMILES string of the molecule is COc1ccc(C=NNC(=O)CSc2nnc(-c3ccncc3)n2-c2ccc(Br)cc2)cc1OCc1ccccc1. The van der Waals surface area contributed by atoms with Crippen LogP contribution in [-0.4, -0.2) is 44.7 Å². The summed E-state index contributed by atoms with van der Waals surface area (Å²) in [5.74, 6) is 1.66. The zero-order chi connectivity index (χ0) is 28.4. The average molecular weight is 630 g/mol. The number of methoxy groups -OCH3 is 1. The van der Waals surface area contributed by atoms with Gasteiger partial charge in [0.1, 0.15) is 6.61 Å². The number of amides is 1. The maximum absolute atomic E-state index is 12.6. The summed E-state index contributed by atoms with van der Waals surface area (Å²) in [4.78, 5) is 16.7. The summed E-state index contributed by atoms with van der Waals surface area (Å²) in [5, 5.41) is 13.4. The van der Waals surface area contributed by atoms with Gasteiger partial charge in [-0.25, -0.2) is 5.43 Å².